The monoisotopic (exact) mass is 191 g/mol. The Bertz CT molecular complexity index is 490. The van der Waals surface area contributed by atoms with E-state index in [9.17, 15) is 4.79 Å². The van der Waals surface area contributed by atoms with Crippen LogP contribution in [-0.2, 0) is 11.8 Å². The van der Waals surface area contributed by atoms with Crippen molar-refractivity contribution in [3.8, 4) is 0 Å². The van der Waals surface area contributed by atoms with Gasteiger partial charge in [0, 0.05) is 7.05 Å². The number of aryl methyl sites for hydroxylation is 1. The number of methoxy groups -OCH3 is 1. The third-order valence-corrected chi connectivity index (χ3v) is 2.01. The predicted molar refractivity (Wildman–Crippen MR) is 49.8 cm³/mol. The Kier molecular flexibility index (Phi) is 1.92. The average molecular weight is 191 g/mol. The Labute approximate surface area is 80.3 Å². The van der Waals surface area contributed by atoms with Gasteiger partial charge in [0.2, 0.25) is 0 Å². The van der Waals surface area contributed by atoms with E-state index < -0.39 is 5.97 Å². The van der Waals surface area contributed by atoms with Crippen molar-refractivity contribution >= 4 is 17.0 Å². The lowest BCUT2D eigenvalue weighted by Gasteiger charge is -1.98. The molecule has 0 saturated heterocycles. The van der Waals surface area contributed by atoms with Crippen LogP contribution in [0, 0.1) is 0 Å². The van der Waals surface area contributed by atoms with Crippen molar-refractivity contribution < 1.29 is 9.53 Å². The molecular weight excluding hydrogens is 182 g/mol. The van der Waals surface area contributed by atoms with Gasteiger partial charge in [-0.2, -0.15) is 0 Å². The summed E-state index contributed by atoms with van der Waals surface area (Å²) in [6, 6.07) is 1.66. The van der Waals surface area contributed by atoms with Crippen LogP contribution in [0.2, 0.25) is 0 Å². The second-order valence-corrected chi connectivity index (χ2v) is 2.91. The first-order chi connectivity index (χ1) is 6.72. The van der Waals surface area contributed by atoms with Gasteiger partial charge in [-0.1, -0.05) is 0 Å². The standard InChI is InChI=1S/C9H9N3O2/c1-12-5-11-7-4-10-6(3-8(7)12)9(13)14-2/h3-5H,1-2H3. The largest absolute Gasteiger partial charge is 0.464 e. The van der Waals surface area contributed by atoms with E-state index in [1.165, 1.54) is 7.11 Å². The van der Waals surface area contributed by atoms with Gasteiger partial charge in [0.15, 0.2) is 5.69 Å². The van der Waals surface area contributed by atoms with Crippen molar-refractivity contribution in [1.29, 1.82) is 0 Å². The molecular formula is C9H9N3O2. The first-order valence-electron chi connectivity index (χ1n) is 4.08. The number of nitrogens with zero attached hydrogens (tertiary/aromatic N) is 3. The van der Waals surface area contributed by atoms with Gasteiger partial charge in [0.05, 0.1) is 25.2 Å². The van der Waals surface area contributed by atoms with Crippen LogP contribution < -0.4 is 0 Å². The van der Waals surface area contributed by atoms with E-state index in [1.54, 1.807) is 18.6 Å². The van der Waals surface area contributed by atoms with Crippen molar-refractivity contribution in [2.24, 2.45) is 7.05 Å². The van der Waals surface area contributed by atoms with Crippen LogP contribution in [0.4, 0.5) is 0 Å². The van der Waals surface area contributed by atoms with Crippen molar-refractivity contribution in [3.05, 3.63) is 24.3 Å². The summed E-state index contributed by atoms with van der Waals surface area (Å²) in [5.74, 6) is -0.437. The number of carbonyl (C=O) groups is 1. The predicted octanol–water partition coefficient (Wildman–Crippen LogP) is 0.755. The SMILES string of the molecule is COC(=O)c1cc2c(cn1)ncn2C. The average Bonchev–Trinajstić information content (AvgIpc) is 2.59. The molecule has 0 N–H and O–H groups in total. The first-order valence-corrected chi connectivity index (χ1v) is 4.08. The van der Waals surface area contributed by atoms with Crippen LogP contribution in [0.1, 0.15) is 10.5 Å². The molecule has 0 amide bonds. The molecule has 0 fully saturated rings. The molecule has 0 aliphatic heterocycles. The molecule has 0 aliphatic rings. The number of fused-ring (bicyclic) bond motifs is 1. The highest BCUT2D eigenvalue weighted by molar-refractivity contribution is 5.91. The minimum atomic E-state index is -0.437. The van der Waals surface area contributed by atoms with E-state index in [0.29, 0.717) is 5.69 Å². The van der Waals surface area contributed by atoms with Crippen LogP contribution >= 0.6 is 0 Å². The van der Waals surface area contributed by atoms with Crippen LogP contribution in [0.15, 0.2) is 18.6 Å². The number of aromatic nitrogens is 3. The summed E-state index contributed by atoms with van der Waals surface area (Å²) in [5.41, 5.74) is 1.92. The highest BCUT2D eigenvalue weighted by Gasteiger charge is 2.09. The van der Waals surface area contributed by atoms with E-state index in [0.717, 1.165) is 11.0 Å². The smallest absolute Gasteiger partial charge is 0.356 e. The molecule has 14 heavy (non-hydrogen) atoms. The molecule has 0 unspecified atom stereocenters. The van der Waals surface area contributed by atoms with Crippen LogP contribution in [0.3, 0.4) is 0 Å². The lowest BCUT2D eigenvalue weighted by atomic mass is 10.3. The minimum absolute atomic E-state index is 0.295. The summed E-state index contributed by atoms with van der Waals surface area (Å²) < 4.78 is 6.39. The maximum absolute atomic E-state index is 11.2. The van der Waals surface area contributed by atoms with Gasteiger partial charge < -0.3 is 9.30 Å². The van der Waals surface area contributed by atoms with Gasteiger partial charge in [0.25, 0.3) is 0 Å². The topological polar surface area (TPSA) is 57.0 Å². The van der Waals surface area contributed by atoms with E-state index >= 15 is 0 Å². The quantitative estimate of drug-likeness (QED) is 0.624. The fraction of sp³-hybridized carbons (Fsp3) is 0.222. The van der Waals surface area contributed by atoms with E-state index in [2.05, 4.69) is 14.7 Å². The zero-order chi connectivity index (χ0) is 10.1. The van der Waals surface area contributed by atoms with Crippen molar-refractivity contribution in [2.45, 2.75) is 0 Å². The minimum Gasteiger partial charge on any atom is -0.464 e. The second kappa shape index (κ2) is 3.10. The van der Waals surface area contributed by atoms with E-state index in [4.69, 9.17) is 0 Å². The number of hydrogen-bond donors (Lipinski definition) is 0. The Hall–Kier alpha value is -1.91. The summed E-state index contributed by atoms with van der Waals surface area (Å²) in [6.07, 6.45) is 3.23. The molecule has 2 aromatic rings. The molecule has 0 aliphatic carbocycles. The molecule has 72 valence electrons. The Balaban J connectivity index is 2.60. The van der Waals surface area contributed by atoms with Crippen LogP contribution in [0.25, 0.3) is 11.0 Å². The van der Waals surface area contributed by atoms with Crippen LogP contribution in [0.5, 0.6) is 0 Å². The number of pyridine rings is 1. The van der Waals surface area contributed by atoms with Gasteiger partial charge in [0.1, 0.15) is 5.52 Å². The maximum Gasteiger partial charge on any atom is 0.356 e. The summed E-state index contributed by atoms with van der Waals surface area (Å²) >= 11 is 0. The summed E-state index contributed by atoms with van der Waals surface area (Å²) in [5, 5.41) is 0. The number of rotatable bonds is 1. The fourth-order valence-electron chi connectivity index (χ4n) is 1.25. The number of hydrogen-bond acceptors (Lipinski definition) is 4. The lowest BCUT2D eigenvalue weighted by Crippen LogP contribution is -2.03. The highest BCUT2D eigenvalue weighted by atomic mass is 16.5. The van der Waals surface area contributed by atoms with E-state index in [1.807, 2.05) is 11.6 Å². The van der Waals surface area contributed by atoms with Gasteiger partial charge in [-0.25, -0.2) is 14.8 Å². The molecule has 5 heteroatoms. The molecule has 0 radical (unpaired) electrons. The number of esters is 1. The van der Waals surface area contributed by atoms with Gasteiger partial charge in [-0.3, -0.25) is 0 Å². The molecule has 5 nitrogen and oxygen atoms in total. The third-order valence-electron chi connectivity index (χ3n) is 2.01. The van der Waals surface area contributed by atoms with E-state index in [-0.39, 0.29) is 0 Å². The second-order valence-electron chi connectivity index (χ2n) is 2.91. The van der Waals surface area contributed by atoms with Crippen molar-refractivity contribution in [2.75, 3.05) is 7.11 Å². The highest BCUT2D eigenvalue weighted by Crippen LogP contribution is 2.11. The van der Waals surface area contributed by atoms with Crippen molar-refractivity contribution in [1.82, 2.24) is 14.5 Å². The Morgan fingerprint density at radius 2 is 2.29 bits per heavy atom. The third kappa shape index (κ3) is 1.22. The Morgan fingerprint density at radius 1 is 1.50 bits per heavy atom. The maximum atomic E-state index is 11.2. The van der Waals surface area contributed by atoms with Crippen molar-refractivity contribution in [3.63, 3.8) is 0 Å². The zero-order valence-corrected chi connectivity index (χ0v) is 7.89. The first kappa shape index (κ1) is 8.68. The molecule has 0 aromatic carbocycles. The molecule has 0 bridgehead atoms. The zero-order valence-electron chi connectivity index (χ0n) is 7.89. The number of carbonyl (C=O) groups excluding carboxylic acids is 1. The van der Waals surface area contributed by atoms with Gasteiger partial charge >= 0.3 is 5.97 Å². The molecule has 2 heterocycles. The normalized spacial score (nSPS) is 10.4. The molecule has 2 aromatic heterocycles. The molecule has 0 atom stereocenters. The van der Waals surface area contributed by atoms with Crippen LogP contribution in [-0.4, -0.2) is 27.6 Å². The number of imidazole rings is 1. The fourth-order valence-corrected chi connectivity index (χ4v) is 1.25. The molecule has 0 saturated carbocycles. The summed E-state index contributed by atoms with van der Waals surface area (Å²) in [6.45, 7) is 0. The lowest BCUT2D eigenvalue weighted by molar-refractivity contribution is 0.0594. The number of ether oxygens (including phenoxy) is 1. The summed E-state index contributed by atoms with van der Waals surface area (Å²) in [7, 11) is 3.19. The molecule has 2 rings (SSSR count). The van der Waals surface area contributed by atoms with Gasteiger partial charge in [-0.15, -0.1) is 0 Å². The summed E-state index contributed by atoms with van der Waals surface area (Å²) in [4.78, 5) is 19.2. The van der Waals surface area contributed by atoms with Gasteiger partial charge in [-0.05, 0) is 6.07 Å². The Morgan fingerprint density at radius 3 is 3.00 bits per heavy atom. The molecule has 0 spiro atoms.